The number of aromatic amines is 1. The number of carbonyl (C=O) groups excluding carboxylic acids is 1. The summed E-state index contributed by atoms with van der Waals surface area (Å²) in [5, 5.41) is 8.09. The monoisotopic (exact) mass is 358 g/mol. The second-order valence-electron chi connectivity index (χ2n) is 6.25. The van der Waals surface area contributed by atoms with Crippen molar-refractivity contribution in [1.29, 1.82) is 0 Å². The molecule has 128 valence electrons. The van der Waals surface area contributed by atoms with Gasteiger partial charge in [-0.05, 0) is 38.0 Å². The van der Waals surface area contributed by atoms with E-state index in [0.29, 0.717) is 28.3 Å². The lowest BCUT2D eigenvalue weighted by atomic mass is 10.0. The van der Waals surface area contributed by atoms with Gasteiger partial charge in [0.2, 0.25) is 0 Å². The summed E-state index contributed by atoms with van der Waals surface area (Å²) in [5.41, 5.74) is 2.43. The molecule has 1 aliphatic rings. The van der Waals surface area contributed by atoms with E-state index in [1.165, 1.54) is 12.3 Å². The molecular formula is C18H16ClFN4O. The third-order valence-corrected chi connectivity index (χ3v) is 4.92. The van der Waals surface area contributed by atoms with E-state index in [4.69, 9.17) is 11.6 Å². The number of aromatic nitrogens is 3. The van der Waals surface area contributed by atoms with Crippen LogP contribution in [-0.4, -0.2) is 32.5 Å². The number of amides is 1. The van der Waals surface area contributed by atoms with E-state index in [1.807, 2.05) is 6.92 Å². The number of hydrogen-bond donors (Lipinski definition) is 1. The number of nitrogens with one attached hydrogen (secondary N) is 1. The number of likely N-dealkylation sites (tertiary alicyclic amines) is 1. The van der Waals surface area contributed by atoms with E-state index in [1.54, 1.807) is 23.1 Å². The Hall–Kier alpha value is -2.47. The lowest BCUT2D eigenvalue weighted by molar-refractivity contribution is 0.0733. The predicted molar refractivity (Wildman–Crippen MR) is 93.0 cm³/mol. The van der Waals surface area contributed by atoms with Gasteiger partial charge in [-0.1, -0.05) is 17.7 Å². The minimum absolute atomic E-state index is 0.146. The molecule has 1 fully saturated rings. The lowest BCUT2D eigenvalue weighted by Crippen LogP contribution is -2.31. The van der Waals surface area contributed by atoms with Gasteiger partial charge in [-0.25, -0.2) is 9.37 Å². The Kier molecular flexibility index (Phi) is 3.92. The van der Waals surface area contributed by atoms with Gasteiger partial charge in [0.1, 0.15) is 5.82 Å². The van der Waals surface area contributed by atoms with Crippen molar-refractivity contribution < 1.29 is 9.18 Å². The predicted octanol–water partition coefficient (Wildman–Crippen LogP) is 4.04. The van der Waals surface area contributed by atoms with Crippen LogP contribution in [0.4, 0.5) is 4.39 Å². The van der Waals surface area contributed by atoms with Crippen molar-refractivity contribution in [3.05, 3.63) is 58.1 Å². The Bertz CT molecular complexity index is 971. The summed E-state index contributed by atoms with van der Waals surface area (Å²) in [4.78, 5) is 19.0. The zero-order valence-corrected chi connectivity index (χ0v) is 14.3. The first-order chi connectivity index (χ1) is 12.0. The molecule has 1 amide bonds. The summed E-state index contributed by atoms with van der Waals surface area (Å²) in [6.45, 7) is 2.45. The van der Waals surface area contributed by atoms with Crippen molar-refractivity contribution in [3.8, 4) is 0 Å². The molecule has 1 atom stereocenters. The van der Waals surface area contributed by atoms with E-state index in [0.717, 1.165) is 23.9 Å². The number of halogens is 2. The van der Waals surface area contributed by atoms with E-state index in [2.05, 4.69) is 15.2 Å². The van der Waals surface area contributed by atoms with Crippen LogP contribution in [0, 0.1) is 12.7 Å². The molecule has 2 aromatic heterocycles. The quantitative estimate of drug-likeness (QED) is 0.752. The Labute approximate surface area is 148 Å². The maximum Gasteiger partial charge on any atom is 0.255 e. The van der Waals surface area contributed by atoms with Crippen molar-refractivity contribution >= 4 is 28.5 Å². The van der Waals surface area contributed by atoms with E-state index < -0.39 is 0 Å². The SMILES string of the molecule is Cc1n[nH]c2ncc(C(=O)N3CCC[C@@H]3c3ccc(Cl)cc3F)cc12. The summed E-state index contributed by atoms with van der Waals surface area (Å²) in [6, 6.07) is 6.11. The molecule has 1 N–H and O–H groups in total. The van der Waals surface area contributed by atoms with Crippen LogP contribution in [0.25, 0.3) is 11.0 Å². The van der Waals surface area contributed by atoms with Crippen molar-refractivity contribution in [2.45, 2.75) is 25.8 Å². The molecule has 0 unspecified atom stereocenters. The van der Waals surface area contributed by atoms with Gasteiger partial charge < -0.3 is 4.90 Å². The van der Waals surface area contributed by atoms with Crippen molar-refractivity contribution in [2.75, 3.05) is 6.54 Å². The third kappa shape index (κ3) is 2.76. The highest BCUT2D eigenvalue weighted by molar-refractivity contribution is 6.30. The minimum Gasteiger partial charge on any atom is -0.331 e. The molecule has 0 aliphatic carbocycles. The molecular weight excluding hydrogens is 343 g/mol. The third-order valence-electron chi connectivity index (χ3n) is 4.69. The average molecular weight is 359 g/mol. The molecule has 1 aliphatic heterocycles. The number of carbonyl (C=O) groups is 1. The molecule has 0 bridgehead atoms. The Morgan fingerprint density at radius 1 is 1.40 bits per heavy atom. The van der Waals surface area contributed by atoms with Crippen LogP contribution < -0.4 is 0 Å². The fourth-order valence-electron chi connectivity index (χ4n) is 3.41. The van der Waals surface area contributed by atoms with Crippen LogP contribution in [0.5, 0.6) is 0 Å². The van der Waals surface area contributed by atoms with Crippen LogP contribution in [-0.2, 0) is 0 Å². The first-order valence-corrected chi connectivity index (χ1v) is 8.49. The number of H-pyrrole nitrogens is 1. The first-order valence-electron chi connectivity index (χ1n) is 8.11. The smallest absolute Gasteiger partial charge is 0.255 e. The highest BCUT2D eigenvalue weighted by Crippen LogP contribution is 2.35. The molecule has 1 aromatic carbocycles. The standard InChI is InChI=1S/C18H16ClFN4O/c1-10-14-7-11(9-21-17(14)23-22-10)18(25)24-6-2-3-16(24)13-5-4-12(19)8-15(13)20/h4-5,7-9,16H,2-3,6H2,1H3,(H,21,22,23)/t16-/m1/s1. The summed E-state index contributed by atoms with van der Waals surface area (Å²) in [7, 11) is 0. The van der Waals surface area contributed by atoms with Crippen molar-refractivity contribution in [2.24, 2.45) is 0 Å². The zero-order chi connectivity index (χ0) is 17.6. The average Bonchev–Trinajstić information content (AvgIpc) is 3.21. The first kappa shape index (κ1) is 16.0. The highest BCUT2D eigenvalue weighted by atomic mass is 35.5. The van der Waals surface area contributed by atoms with Crippen LogP contribution in [0.1, 0.15) is 40.5 Å². The number of rotatable bonds is 2. The van der Waals surface area contributed by atoms with E-state index in [-0.39, 0.29) is 17.8 Å². The summed E-state index contributed by atoms with van der Waals surface area (Å²) in [5.74, 6) is -0.525. The number of pyridine rings is 1. The van der Waals surface area contributed by atoms with Crippen LogP contribution in [0.3, 0.4) is 0 Å². The molecule has 7 heteroatoms. The molecule has 3 heterocycles. The van der Waals surface area contributed by atoms with Crippen LogP contribution >= 0.6 is 11.6 Å². The second-order valence-corrected chi connectivity index (χ2v) is 6.69. The molecule has 4 rings (SSSR count). The molecule has 5 nitrogen and oxygen atoms in total. The van der Waals surface area contributed by atoms with Gasteiger partial charge in [0.25, 0.3) is 5.91 Å². The molecule has 0 spiro atoms. The van der Waals surface area contributed by atoms with Gasteiger partial charge in [-0.2, -0.15) is 5.10 Å². The van der Waals surface area contributed by atoms with Gasteiger partial charge in [0.15, 0.2) is 5.65 Å². The largest absolute Gasteiger partial charge is 0.331 e. The molecule has 0 saturated carbocycles. The maximum atomic E-state index is 14.3. The molecule has 0 radical (unpaired) electrons. The topological polar surface area (TPSA) is 61.9 Å². The van der Waals surface area contributed by atoms with Gasteiger partial charge in [0.05, 0.1) is 17.3 Å². The normalized spacial score (nSPS) is 17.4. The summed E-state index contributed by atoms with van der Waals surface area (Å²) < 4.78 is 14.3. The lowest BCUT2D eigenvalue weighted by Gasteiger charge is -2.25. The molecule has 25 heavy (non-hydrogen) atoms. The zero-order valence-electron chi connectivity index (χ0n) is 13.6. The fourth-order valence-corrected chi connectivity index (χ4v) is 3.57. The van der Waals surface area contributed by atoms with Crippen LogP contribution in [0.2, 0.25) is 5.02 Å². The van der Waals surface area contributed by atoms with Crippen molar-refractivity contribution in [1.82, 2.24) is 20.1 Å². The van der Waals surface area contributed by atoms with E-state index >= 15 is 0 Å². The maximum absolute atomic E-state index is 14.3. The fraction of sp³-hybridized carbons (Fsp3) is 0.278. The number of aryl methyl sites for hydroxylation is 1. The number of fused-ring (bicyclic) bond motifs is 1. The van der Waals surface area contributed by atoms with Crippen LogP contribution in [0.15, 0.2) is 30.5 Å². The minimum atomic E-state index is -0.378. The van der Waals surface area contributed by atoms with Gasteiger partial charge in [-0.3, -0.25) is 9.89 Å². The van der Waals surface area contributed by atoms with Gasteiger partial charge >= 0.3 is 0 Å². The summed E-state index contributed by atoms with van der Waals surface area (Å²) >= 11 is 5.84. The Morgan fingerprint density at radius 3 is 3.04 bits per heavy atom. The second kappa shape index (κ2) is 6.11. The van der Waals surface area contributed by atoms with Gasteiger partial charge in [0, 0.05) is 28.7 Å². The summed E-state index contributed by atoms with van der Waals surface area (Å²) in [6.07, 6.45) is 3.10. The van der Waals surface area contributed by atoms with E-state index in [9.17, 15) is 9.18 Å². The number of hydrogen-bond acceptors (Lipinski definition) is 3. The molecule has 3 aromatic rings. The Morgan fingerprint density at radius 2 is 2.24 bits per heavy atom. The van der Waals surface area contributed by atoms with Gasteiger partial charge in [-0.15, -0.1) is 0 Å². The molecule has 1 saturated heterocycles. The highest BCUT2D eigenvalue weighted by Gasteiger charge is 2.32. The van der Waals surface area contributed by atoms with Crippen molar-refractivity contribution in [3.63, 3.8) is 0 Å². The number of nitrogens with zero attached hydrogens (tertiary/aromatic N) is 3. The Balaban J connectivity index is 1.68. The number of benzene rings is 1.